The molecule has 0 fully saturated rings. The first-order valence-electron chi connectivity index (χ1n) is 5.73. The van der Waals surface area contributed by atoms with Crippen LogP contribution in [0.4, 0.5) is 0 Å². The van der Waals surface area contributed by atoms with Crippen LogP contribution in [-0.4, -0.2) is 26.1 Å². The molecular formula is C13H11NO3S2. The van der Waals surface area contributed by atoms with Crippen LogP contribution in [0.15, 0.2) is 41.1 Å². The third kappa shape index (κ3) is 2.54. The molecule has 1 amide bonds. The summed E-state index contributed by atoms with van der Waals surface area (Å²) >= 11 is 1.62. The molecule has 0 saturated carbocycles. The van der Waals surface area contributed by atoms with Gasteiger partial charge in [-0.1, -0.05) is 0 Å². The Kier molecular flexibility index (Phi) is 2.91. The number of nitrogens with one attached hydrogen (secondary N) is 1. The van der Waals surface area contributed by atoms with Gasteiger partial charge in [-0.3, -0.25) is 4.79 Å². The van der Waals surface area contributed by atoms with Crippen molar-refractivity contribution in [1.82, 2.24) is 5.32 Å². The lowest BCUT2D eigenvalue weighted by atomic mass is 10.1. The fourth-order valence-corrected chi connectivity index (χ4v) is 4.03. The van der Waals surface area contributed by atoms with Gasteiger partial charge in [0.25, 0.3) is 5.91 Å². The number of thiophene rings is 1. The number of carbonyl (C=O) groups is 1. The molecule has 4 nitrogen and oxygen atoms in total. The zero-order valence-electron chi connectivity index (χ0n) is 9.87. The minimum Gasteiger partial charge on any atom is -0.345 e. The van der Waals surface area contributed by atoms with Crippen LogP contribution in [0.5, 0.6) is 0 Å². The zero-order valence-corrected chi connectivity index (χ0v) is 11.5. The topological polar surface area (TPSA) is 63.2 Å². The van der Waals surface area contributed by atoms with Crippen molar-refractivity contribution in [1.29, 1.82) is 0 Å². The number of benzene rings is 1. The van der Waals surface area contributed by atoms with E-state index in [-0.39, 0.29) is 11.7 Å². The maximum atomic E-state index is 12.0. The van der Waals surface area contributed by atoms with Gasteiger partial charge in [-0.15, -0.1) is 11.3 Å². The Labute approximate surface area is 114 Å². The highest BCUT2D eigenvalue weighted by Crippen LogP contribution is 2.21. The van der Waals surface area contributed by atoms with Crippen molar-refractivity contribution in [2.45, 2.75) is 6.04 Å². The zero-order chi connectivity index (χ0) is 13.5. The lowest BCUT2D eigenvalue weighted by Gasteiger charge is -2.09. The molecule has 1 aromatic carbocycles. The quantitative estimate of drug-likeness (QED) is 0.920. The van der Waals surface area contributed by atoms with Crippen LogP contribution in [0.1, 0.15) is 10.4 Å². The van der Waals surface area contributed by atoms with E-state index in [1.54, 1.807) is 17.4 Å². The predicted octanol–water partition coefficient (Wildman–Crippen LogP) is 1.94. The second kappa shape index (κ2) is 4.47. The fraction of sp³-hybridized carbons (Fsp3) is 0.154. The van der Waals surface area contributed by atoms with Gasteiger partial charge in [-0.05, 0) is 41.1 Å². The first kappa shape index (κ1) is 12.4. The van der Waals surface area contributed by atoms with Crippen molar-refractivity contribution in [2.24, 2.45) is 0 Å². The highest BCUT2D eigenvalue weighted by atomic mass is 32.2. The van der Waals surface area contributed by atoms with Crippen LogP contribution in [-0.2, 0) is 9.84 Å². The molecule has 0 spiro atoms. The van der Waals surface area contributed by atoms with Crippen LogP contribution in [0, 0.1) is 0 Å². The van der Waals surface area contributed by atoms with Gasteiger partial charge < -0.3 is 5.32 Å². The molecule has 0 aliphatic carbocycles. The summed E-state index contributed by atoms with van der Waals surface area (Å²) in [5, 5.41) is 6.85. The van der Waals surface area contributed by atoms with E-state index in [1.807, 2.05) is 23.6 Å². The summed E-state index contributed by atoms with van der Waals surface area (Å²) in [5.41, 5.74) is 0.545. The summed E-state index contributed by atoms with van der Waals surface area (Å²) in [6.45, 7) is 0. The summed E-state index contributed by atoms with van der Waals surface area (Å²) in [4.78, 5) is 12.0. The first-order chi connectivity index (χ1) is 9.03. The van der Waals surface area contributed by atoms with Gasteiger partial charge >= 0.3 is 0 Å². The molecule has 0 bridgehead atoms. The van der Waals surface area contributed by atoms with E-state index in [2.05, 4.69) is 5.32 Å². The van der Waals surface area contributed by atoms with Crippen LogP contribution in [0.2, 0.25) is 0 Å². The molecule has 0 radical (unpaired) electrons. The Morgan fingerprint density at radius 3 is 2.89 bits per heavy atom. The number of hydrogen-bond acceptors (Lipinski definition) is 4. The number of rotatable bonds is 2. The van der Waals surface area contributed by atoms with E-state index in [0.717, 1.165) is 15.5 Å². The van der Waals surface area contributed by atoms with Crippen molar-refractivity contribution in [3.8, 4) is 0 Å². The predicted molar refractivity (Wildman–Crippen MR) is 76.0 cm³/mol. The summed E-state index contributed by atoms with van der Waals surface area (Å²) in [6, 6.07) is 6.98. The normalized spacial score (nSPS) is 20.7. The van der Waals surface area contributed by atoms with E-state index < -0.39 is 15.9 Å². The lowest BCUT2D eigenvalue weighted by Crippen LogP contribution is -2.35. The Hall–Kier alpha value is -1.66. The molecule has 98 valence electrons. The van der Waals surface area contributed by atoms with Gasteiger partial charge in [-0.25, -0.2) is 8.42 Å². The van der Waals surface area contributed by atoms with Crippen molar-refractivity contribution in [2.75, 3.05) is 5.75 Å². The van der Waals surface area contributed by atoms with E-state index in [4.69, 9.17) is 0 Å². The molecule has 1 aliphatic rings. The van der Waals surface area contributed by atoms with Crippen molar-refractivity contribution >= 4 is 37.2 Å². The van der Waals surface area contributed by atoms with Crippen LogP contribution >= 0.6 is 11.3 Å². The van der Waals surface area contributed by atoms with Crippen LogP contribution < -0.4 is 5.32 Å². The molecule has 1 aliphatic heterocycles. The average molecular weight is 293 g/mol. The molecule has 2 aromatic rings. The van der Waals surface area contributed by atoms with E-state index in [1.165, 1.54) is 6.08 Å². The van der Waals surface area contributed by atoms with Gasteiger partial charge in [0.1, 0.15) is 0 Å². The van der Waals surface area contributed by atoms with Crippen molar-refractivity contribution in [3.63, 3.8) is 0 Å². The highest BCUT2D eigenvalue weighted by Gasteiger charge is 2.23. The largest absolute Gasteiger partial charge is 0.345 e. The molecule has 1 atom stereocenters. The van der Waals surface area contributed by atoms with Crippen LogP contribution in [0.25, 0.3) is 10.1 Å². The monoisotopic (exact) mass is 293 g/mol. The van der Waals surface area contributed by atoms with Crippen molar-refractivity contribution < 1.29 is 13.2 Å². The summed E-state index contributed by atoms with van der Waals surface area (Å²) in [7, 11) is -3.14. The standard InChI is InChI=1S/C13H11NO3S2/c15-13(14-11-4-6-19(16,17)8-11)10-1-2-12-9(7-10)3-5-18-12/h1-7,11H,8H2,(H,14,15). The summed E-state index contributed by atoms with van der Waals surface area (Å²) < 4.78 is 23.6. The number of hydrogen-bond donors (Lipinski definition) is 1. The van der Waals surface area contributed by atoms with Gasteiger partial charge in [0, 0.05) is 15.7 Å². The Morgan fingerprint density at radius 1 is 1.32 bits per heavy atom. The maximum absolute atomic E-state index is 12.0. The van der Waals surface area contributed by atoms with Gasteiger partial charge in [0.15, 0.2) is 9.84 Å². The third-order valence-electron chi connectivity index (χ3n) is 2.96. The van der Waals surface area contributed by atoms with Gasteiger partial charge in [0.2, 0.25) is 0 Å². The molecular weight excluding hydrogens is 282 g/mol. The second-order valence-electron chi connectivity index (χ2n) is 4.41. The van der Waals surface area contributed by atoms with Crippen molar-refractivity contribution in [3.05, 3.63) is 46.7 Å². The van der Waals surface area contributed by atoms with E-state index in [9.17, 15) is 13.2 Å². The SMILES string of the molecule is O=C(NC1C=CS(=O)(=O)C1)c1ccc2sccc2c1. The number of amides is 1. The van der Waals surface area contributed by atoms with Gasteiger partial charge in [0.05, 0.1) is 11.8 Å². The number of carbonyl (C=O) groups excluding carboxylic acids is 1. The molecule has 1 aromatic heterocycles. The first-order valence-corrected chi connectivity index (χ1v) is 8.32. The van der Waals surface area contributed by atoms with E-state index >= 15 is 0 Å². The second-order valence-corrected chi connectivity index (χ2v) is 7.29. The molecule has 1 unspecified atom stereocenters. The summed E-state index contributed by atoms with van der Waals surface area (Å²) in [6.07, 6.45) is 1.51. The molecule has 0 saturated heterocycles. The maximum Gasteiger partial charge on any atom is 0.251 e. The summed E-state index contributed by atoms with van der Waals surface area (Å²) in [5.74, 6) is -0.306. The Bertz CT molecular complexity index is 774. The molecule has 2 heterocycles. The number of fused-ring (bicyclic) bond motifs is 1. The van der Waals surface area contributed by atoms with Gasteiger partial charge in [-0.2, -0.15) is 0 Å². The molecule has 6 heteroatoms. The number of sulfone groups is 1. The lowest BCUT2D eigenvalue weighted by molar-refractivity contribution is 0.0948. The molecule has 3 rings (SSSR count). The molecule has 19 heavy (non-hydrogen) atoms. The minimum absolute atomic E-state index is 0.0561. The van der Waals surface area contributed by atoms with E-state index in [0.29, 0.717) is 5.56 Å². The molecule has 1 N–H and O–H groups in total. The highest BCUT2D eigenvalue weighted by molar-refractivity contribution is 7.94. The third-order valence-corrected chi connectivity index (χ3v) is 5.25. The minimum atomic E-state index is -3.14. The Balaban J connectivity index is 1.79. The smallest absolute Gasteiger partial charge is 0.251 e. The fourth-order valence-electron chi connectivity index (χ4n) is 2.03. The Morgan fingerprint density at radius 2 is 2.16 bits per heavy atom. The van der Waals surface area contributed by atoms with Crippen LogP contribution in [0.3, 0.4) is 0 Å². The average Bonchev–Trinajstić information content (AvgIpc) is 2.94.